The SMILES string of the molecule is CCc1cc(OCc2ccc(-c3ccsc3S(=O)(=O)Nc3noc(C)c3C)cc2)c(C(=O)c2ccccc2)c(C)n1. The second kappa shape index (κ2) is 11.7. The lowest BCUT2D eigenvalue weighted by atomic mass is 10.0. The minimum Gasteiger partial charge on any atom is -0.488 e. The van der Waals surface area contributed by atoms with E-state index in [4.69, 9.17) is 9.26 Å². The van der Waals surface area contributed by atoms with Crippen LogP contribution >= 0.6 is 11.3 Å². The second-order valence-electron chi connectivity index (χ2n) is 9.55. The number of benzene rings is 2. The number of aryl methyl sites for hydroxylation is 3. The maximum absolute atomic E-state index is 13.3. The van der Waals surface area contributed by atoms with Gasteiger partial charge in [0, 0.05) is 28.5 Å². The number of nitrogens with zero attached hydrogens (tertiary/aromatic N) is 2. The highest BCUT2D eigenvalue weighted by Crippen LogP contribution is 2.34. The van der Waals surface area contributed by atoms with E-state index in [9.17, 15) is 13.2 Å². The van der Waals surface area contributed by atoms with Crippen molar-refractivity contribution < 1.29 is 22.5 Å². The molecule has 0 unspecified atom stereocenters. The number of hydrogen-bond donors (Lipinski definition) is 1. The van der Waals surface area contributed by atoms with Crippen LogP contribution in [0.2, 0.25) is 0 Å². The largest absolute Gasteiger partial charge is 0.488 e. The first-order chi connectivity index (χ1) is 19.7. The minimum absolute atomic E-state index is 0.139. The predicted octanol–water partition coefficient (Wildman–Crippen LogP) is 6.90. The summed E-state index contributed by atoms with van der Waals surface area (Å²) in [5.74, 6) is 1.08. The van der Waals surface area contributed by atoms with Gasteiger partial charge in [0.1, 0.15) is 22.3 Å². The Bertz CT molecular complexity index is 1810. The van der Waals surface area contributed by atoms with Gasteiger partial charge in [0.25, 0.3) is 10.0 Å². The molecular formula is C31H29N3O5S2. The molecule has 0 saturated carbocycles. The van der Waals surface area contributed by atoms with Crippen LogP contribution in [0.1, 0.15) is 51.1 Å². The molecule has 0 aliphatic carbocycles. The maximum Gasteiger partial charge on any atom is 0.273 e. The average molecular weight is 588 g/mol. The molecule has 210 valence electrons. The van der Waals surface area contributed by atoms with Crippen LogP contribution in [-0.2, 0) is 23.1 Å². The molecule has 0 saturated heterocycles. The van der Waals surface area contributed by atoms with Crippen molar-refractivity contribution >= 4 is 33.0 Å². The Labute approximate surface area is 243 Å². The molecule has 5 rings (SSSR count). The van der Waals surface area contributed by atoms with Crippen molar-refractivity contribution in [2.24, 2.45) is 0 Å². The molecule has 5 aromatic rings. The number of ketones is 1. The Morgan fingerprint density at radius 1 is 1.02 bits per heavy atom. The van der Waals surface area contributed by atoms with Gasteiger partial charge < -0.3 is 9.26 Å². The predicted molar refractivity (Wildman–Crippen MR) is 159 cm³/mol. The highest BCUT2D eigenvalue weighted by atomic mass is 32.2. The summed E-state index contributed by atoms with van der Waals surface area (Å²) in [6, 6.07) is 20.2. The van der Waals surface area contributed by atoms with E-state index in [0.29, 0.717) is 45.9 Å². The quantitative estimate of drug-likeness (QED) is 0.177. The van der Waals surface area contributed by atoms with Gasteiger partial charge in [-0.3, -0.25) is 14.5 Å². The number of sulfonamides is 1. The van der Waals surface area contributed by atoms with E-state index >= 15 is 0 Å². The number of rotatable bonds is 10. The molecule has 0 atom stereocenters. The van der Waals surface area contributed by atoms with Gasteiger partial charge in [-0.05, 0) is 49.8 Å². The summed E-state index contributed by atoms with van der Waals surface area (Å²) in [5.41, 5.74) is 5.32. The third kappa shape index (κ3) is 5.94. The zero-order chi connectivity index (χ0) is 29.1. The van der Waals surface area contributed by atoms with Gasteiger partial charge in [-0.25, -0.2) is 8.42 Å². The van der Waals surface area contributed by atoms with Gasteiger partial charge in [-0.15, -0.1) is 11.3 Å². The number of anilines is 1. The Morgan fingerprint density at radius 2 is 1.76 bits per heavy atom. The van der Waals surface area contributed by atoms with E-state index < -0.39 is 10.0 Å². The third-order valence-corrected chi connectivity index (χ3v) is 9.59. The van der Waals surface area contributed by atoms with Gasteiger partial charge in [0.15, 0.2) is 11.6 Å². The molecule has 8 nitrogen and oxygen atoms in total. The highest BCUT2D eigenvalue weighted by molar-refractivity contribution is 7.94. The average Bonchev–Trinajstić information content (AvgIpc) is 3.60. The number of pyridine rings is 1. The van der Waals surface area contributed by atoms with Crippen LogP contribution in [0.3, 0.4) is 0 Å². The van der Waals surface area contributed by atoms with Gasteiger partial charge >= 0.3 is 0 Å². The molecule has 0 aliphatic heterocycles. The Kier molecular flexibility index (Phi) is 8.05. The molecule has 0 spiro atoms. The summed E-state index contributed by atoms with van der Waals surface area (Å²) in [6.45, 7) is 7.52. The Balaban J connectivity index is 1.36. The van der Waals surface area contributed by atoms with Gasteiger partial charge in [-0.1, -0.05) is 66.7 Å². The van der Waals surface area contributed by atoms with Crippen LogP contribution in [0.15, 0.2) is 80.8 Å². The highest BCUT2D eigenvalue weighted by Gasteiger charge is 2.24. The van der Waals surface area contributed by atoms with Crippen molar-refractivity contribution in [3.8, 4) is 16.9 Å². The normalized spacial score (nSPS) is 11.4. The number of ether oxygens (including phenoxy) is 1. The molecular weight excluding hydrogens is 558 g/mol. The number of hydrogen-bond acceptors (Lipinski definition) is 8. The molecule has 3 aromatic heterocycles. The van der Waals surface area contributed by atoms with Crippen LogP contribution in [-0.4, -0.2) is 24.3 Å². The van der Waals surface area contributed by atoms with Crippen molar-refractivity contribution in [3.63, 3.8) is 0 Å². The van der Waals surface area contributed by atoms with Crippen molar-refractivity contribution in [1.29, 1.82) is 0 Å². The van der Waals surface area contributed by atoms with Crippen LogP contribution in [0.4, 0.5) is 5.82 Å². The van der Waals surface area contributed by atoms with Crippen molar-refractivity contribution in [2.45, 2.75) is 44.9 Å². The fourth-order valence-electron chi connectivity index (χ4n) is 4.36. The van der Waals surface area contributed by atoms with E-state index in [1.54, 1.807) is 37.4 Å². The van der Waals surface area contributed by atoms with E-state index in [1.807, 2.05) is 62.4 Å². The zero-order valence-electron chi connectivity index (χ0n) is 23.1. The van der Waals surface area contributed by atoms with Crippen molar-refractivity contribution in [2.75, 3.05) is 4.72 Å². The molecule has 10 heteroatoms. The number of thiophene rings is 1. The molecule has 0 radical (unpaired) electrons. The first-order valence-corrected chi connectivity index (χ1v) is 15.4. The van der Waals surface area contributed by atoms with E-state index in [1.165, 1.54) is 0 Å². The second-order valence-corrected chi connectivity index (χ2v) is 12.3. The maximum atomic E-state index is 13.3. The lowest BCUT2D eigenvalue weighted by Gasteiger charge is -2.15. The summed E-state index contributed by atoms with van der Waals surface area (Å²) < 4.78 is 40.4. The Hall–Kier alpha value is -4.28. The Morgan fingerprint density at radius 3 is 2.41 bits per heavy atom. The van der Waals surface area contributed by atoms with Crippen LogP contribution < -0.4 is 9.46 Å². The van der Waals surface area contributed by atoms with Crippen molar-refractivity contribution in [3.05, 3.63) is 112 Å². The fraction of sp³-hybridized carbons (Fsp3) is 0.194. The summed E-state index contributed by atoms with van der Waals surface area (Å²) >= 11 is 1.13. The van der Waals surface area contributed by atoms with Gasteiger partial charge in [-0.2, -0.15) is 0 Å². The monoisotopic (exact) mass is 587 g/mol. The summed E-state index contributed by atoms with van der Waals surface area (Å²) in [4.78, 5) is 17.9. The van der Waals surface area contributed by atoms with E-state index in [-0.39, 0.29) is 22.4 Å². The lowest BCUT2D eigenvalue weighted by molar-refractivity contribution is 0.103. The summed E-state index contributed by atoms with van der Waals surface area (Å²) in [7, 11) is -3.88. The first kappa shape index (κ1) is 28.3. The molecule has 3 heterocycles. The lowest BCUT2D eigenvalue weighted by Crippen LogP contribution is -2.13. The van der Waals surface area contributed by atoms with E-state index in [0.717, 1.165) is 28.2 Å². The van der Waals surface area contributed by atoms with Gasteiger partial charge in [0.05, 0.1) is 11.3 Å². The minimum atomic E-state index is -3.88. The molecule has 0 fully saturated rings. The summed E-state index contributed by atoms with van der Waals surface area (Å²) in [5, 5.41) is 5.56. The molecule has 41 heavy (non-hydrogen) atoms. The van der Waals surface area contributed by atoms with Crippen LogP contribution in [0.5, 0.6) is 5.75 Å². The van der Waals surface area contributed by atoms with E-state index in [2.05, 4.69) is 14.9 Å². The number of nitrogens with one attached hydrogen (secondary N) is 1. The molecule has 0 amide bonds. The van der Waals surface area contributed by atoms with Crippen molar-refractivity contribution in [1.82, 2.24) is 10.1 Å². The molecule has 2 aromatic carbocycles. The number of aromatic nitrogens is 2. The topological polar surface area (TPSA) is 111 Å². The zero-order valence-corrected chi connectivity index (χ0v) is 24.7. The van der Waals surface area contributed by atoms with Crippen LogP contribution in [0.25, 0.3) is 11.1 Å². The smallest absolute Gasteiger partial charge is 0.273 e. The summed E-state index contributed by atoms with van der Waals surface area (Å²) in [6.07, 6.45) is 0.711. The van der Waals surface area contributed by atoms with Crippen LogP contribution in [0, 0.1) is 20.8 Å². The number of carbonyl (C=O) groups is 1. The fourth-order valence-corrected chi connectivity index (χ4v) is 6.81. The molecule has 1 N–H and O–H groups in total. The van der Waals surface area contributed by atoms with Gasteiger partial charge in [0.2, 0.25) is 0 Å². The molecule has 0 aliphatic rings. The number of carbonyl (C=O) groups excluding carboxylic acids is 1. The molecule has 0 bridgehead atoms. The first-order valence-electron chi connectivity index (χ1n) is 13.0. The third-order valence-electron chi connectivity index (χ3n) is 6.76. The standard InChI is InChI=1S/C31H29N3O5S2/c1-5-25-17-27(28(20(3)32-25)29(35)24-9-7-6-8-10-24)38-18-22-11-13-23(14-12-22)26-15-16-40-31(26)41(36,37)34-30-19(2)21(4)39-33-30/h6-17H,5,18H2,1-4H3,(H,33,34).